The van der Waals surface area contributed by atoms with Crippen molar-refractivity contribution in [3.05, 3.63) is 71.3 Å². The summed E-state index contributed by atoms with van der Waals surface area (Å²) in [7, 11) is 0. The summed E-state index contributed by atoms with van der Waals surface area (Å²) in [5.41, 5.74) is 12.5. The number of rotatable bonds is 5. The van der Waals surface area contributed by atoms with Crippen molar-refractivity contribution in [3.8, 4) is 22.4 Å². The van der Waals surface area contributed by atoms with Crippen molar-refractivity contribution in [2.75, 3.05) is 0 Å². The smallest absolute Gasteiger partial charge is 0.109 e. The maximum Gasteiger partial charge on any atom is 0.109 e. The van der Waals surface area contributed by atoms with Crippen LogP contribution in [0.25, 0.3) is 28.0 Å². The molecule has 3 heterocycles. The molecule has 186 valence electrons. The number of H-pyrrole nitrogens is 1. The molecule has 9 rings (SSSR count). The highest BCUT2D eigenvalue weighted by Gasteiger charge is 2.48. The predicted octanol–water partition coefficient (Wildman–Crippen LogP) is 6.68. The number of piperidine rings is 1. The van der Waals surface area contributed by atoms with Gasteiger partial charge in [0.05, 0.1) is 11.9 Å². The van der Waals surface area contributed by atoms with E-state index in [9.17, 15) is 0 Å². The molecule has 4 aliphatic carbocycles. The third-order valence-electron chi connectivity index (χ3n) is 10.4. The zero-order valence-corrected chi connectivity index (χ0v) is 21.3. The van der Waals surface area contributed by atoms with Crippen molar-refractivity contribution in [1.29, 1.82) is 0 Å². The molecule has 6 aliphatic rings. The maximum atomic E-state index is 4.89. The number of aromatic nitrogens is 2. The lowest BCUT2D eigenvalue weighted by molar-refractivity contribution is 0.596. The largest absolute Gasteiger partial charge is 0.342 e. The van der Waals surface area contributed by atoms with Crippen molar-refractivity contribution in [3.63, 3.8) is 0 Å². The molecule has 6 atom stereocenters. The van der Waals surface area contributed by atoms with E-state index in [4.69, 9.17) is 9.98 Å². The van der Waals surface area contributed by atoms with E-state index in [-0.39, 0.29) is 0 Å². The van der Waals surface area contributed by atoms with E-state index in [0.29, 0.717) is 12.0 Å². The molecule has 2 N–H and O–H groups in total. The Morgan fingerprint density at radius 1 is 0.757 bits per heavy atom. The van der Waals surface area contributed by atoms with Gasteiger partial charge in [0.2, 0.25) is 0 Å². The molecular formula is C33H34N4. The number of nitrogens with one attached hydrogen (secondary N) is 2. The second-order valence-electron chi connectivity index (χ2n) is 12.7. The van der Waals surface area contributed by atoms with Gasteiger partial charge in [0.15, 0.2) is 0 Å². The molecule has 0 amide bonds. The molecular weight excluding hydrogens is 452 g/mol. The Morgan fingerprint density at radius 2 is 1.54 bits per heavy atom. The number of imidazole rings is 1. The van der Waals surface area contributed by atoms with Gasteiger partial charge in [-0.05, 0) is 108 Å². The fourth-order valence-electron chi connectivity index (χ4n) is 8.13. The molecule has 0 spiro atoms. The fraction of sp³-hybridized carbons (Fsp3) is 0.455. The SMILES string of the molecule is C1=C(c2ccc(-c3ccc(-c4cnc(C5C[C@@H]6C[C@@H]6C5)[nH]4)cc3)c3c2CCC3)CC([C@@H]2C[C@H]3C[C@H]3N2)=N1. The lowest BCUT2D eigenvalue weighted by Gasteiger charge is -2.17. The van der Waals surface area contributed by atoms with Gasteiger partial charge in [-0.2, -0.15) is 0 Å². The van der Waals surface area contributed by atoms with Crippen molar-refractivity contribution in [2.24, 2.45) is 22.7 Å². The van der Waals surface area contributed by atoms with E-state index < -0.39 is 0 Å². The van der Waals surface area contributed by atoms with E-state index in [1.165, 1.54) is 90.7 Å². The minimum atomic E-state index is 0.512. The first kappa shape index (κ1) is 21.0. The summed E-state index contributed by atoms with van der Waals surface area (Å²) in [6.45, 7) is 0. The zero-order valence-electron chi connectivity index (χ0n) is 21.3. The molecule has 1 saturated heterocycles. The van der Waals surface area contributed by atoms with Crippen LogP contribution in [0.15, 0.2) is 53.8 Å². The van der Waals surface area contributed by atoms with Gasteiger partial charge in [-0.1, -0.05) is 36.4 Å². The van der Waals surface area contributed by atoms with E-state index in [2.05, 4.69) is 52.9 Å². The average Bonchev–Trinajstić information content (AvgIpc) is 3.48. The highest BCUT2D eigenvalue weighted by Crippen LogP contribution is 2.57. The van der Waals surface area contributed by atoms with Crippen LogP contribution in [0.4, 0.5) is 0 Å². The monoisotopic (exact) mass is 486 g/mol. The molecule has 2 aliphatic heterocycles. The minimum absolute atomic E-state index is 0.512. The van der Waals surface area contributed by atoms with E-state index in [1.807, 2.05) is 6.20 Å². The van der Waals surface area contributed by atoms with Crippen molar-refractivity contribution < 1.29 is 0 Å². The van der Waals surface area contributed by atoms with E-state index >= 15 is 0 Å². The third-order valence-corrected chi connectivity index (χ3v) is 10.4. The van der Waals surface area contributed by atoms with E-state index in [1.54, 1.807) is 11.1 Å². The molecule has 4 heteroatoms. The Labute approximate surface area is 218 Å². The average molecular weight is 487 g/mol. The van der Waals surface area contributed by atoms with Crippen molar-refractivity contribution in [2.45, 2.75) is 75.8 Å². The minimum Gasteiger partial charge on any atom is -0.342 e. The Balaban J connectivity index is 0.953. The quantitative estimate of drug-likeness (QED) is 0.423. The van der Waals surface area contributed by atoms with Crippen LogP contribution in [0.5, 0.6) is 0 Å². The summed E-state index contributed by atoms with van der Waals surface area (Å²) < 4.78 is 0. The molecule has 1 aromatic heterocycles. The highest BCUT2D eigenvalue weighted by molar-refractivity contribution is 6.02. The molecule has 0 radical (unpaired) electrons. The van der Waals surface area contributed by atoms with Gasteiger partial charge in [-0.3, -0.25) is 4.99 Å². The molecule has 1 unspecified atom stereocenters. The Kier molecular flexibility index (Phi) is 4.41. The summed E-state index contributed by atoms with van der Waals surface area (Å²) in [4.78, 5) is 13.3. The highest BCUT2D eigenvalue weighted by atomic mass is 15.1. The van der Waals surface area contributed by atoms with Crippen LogP contribution in [0.2, 0.25) is 0 Å². The van der Waals surface area contributed by atoms with Crippen LogP contribution in [0.1, 0.15) is 73.4 Å². The van der Waals surface area contributed by atoms with Crippen LogP contribution in [0, 0.1) is 17.8 Å². The van der Waals surface area contributed by atoms with Gasteiger partial charge in [0.25, 0.3) is 0 Å². The number of hydrogen-bond donors (Lipinski definition) is 2. The molecule has 4 fully saturated rings. The van der Waals surface area contributed by atoms with Crippen LogP contribution in [-0.4, -0.2) is 27.8 Å². The molecule has 0 bridgehead atoms. The lowest BCUT2D eigenvalue weighted by atomic mass is 9.89. The van der Waals surface area contributed by atoms with Gasteiger partial charge in [0, 0.05) is 36.3 Å². The number of hydrogen-bond acceptors (Lipinski definition) is 3. The summed E-state index contributed by atoms with van der Waals surface area (Å²) in [5.74, 6) is 4.74. The molecule has 2 aromatic carbocycles. The summed E-state index contributed by atoms with van der Waals surface area (Å²) >= 11 is 0. The van der Waals surface area contributed by atoms with Crippen LogP contribution in [-0.2, 0) is 12.8 Å². The number of aromatic amines is 1. The first-order valence-corrected chi connectivity index (χ1v) is 14.6. The van der Waals surface area contributed by atoms with Crippen molar-refractivity contribution in [1.82, 2.24) is 15.3 Å². The van der Waals surface area contributed by atoms with E-state index in [0.717, 1.165) is 35.9 Å². The topological polar surface area (TPSA) is 53.1 Å². The number of allylic oxidation sites excluding steroid dienone is 1. The molecule has 37 heavy (non-hydrogen) atoms. The number of nitrogens with zero attached hydrogens (tertiary/aromatic N) is 2. The normalized spacial score (nSPS) is 32.6. The van der Waals surface area contributed by atoms with Gasteiger partial charge in [-0.15, -0.1) is 0 Å². The summed E-state index contributed by atoms with van der Waals surface area (Å²) in [5, 5.41) is 3.79. The van der Waals surface area contributed by atoms with Crippen LogP contribution in [0.3, 0.4) is 0 Å². The summed E-state index contributed by atoms with van der Waals surface area (Å²) in [6.07, 6.45) is 15.6. The van der Waals surface area contributed by atoms with Gasteiger partial charge in [0.1, 0.15) is 5.82 Å². The second kappa shape index (κ2) is 7.77. The van der Waals surface area contributed by atoms with Crippen molar-refractivity contribution >= 4 is 11.3 Å². The Hall–Kier alpha value is -2.98. The first-order chi connectivity index (χ1) is 18.3. The zero-order chi connectivity index (χ0) is 24.1. The van der Waals surface area contributed by atoms with Crippen LogP contribution >= 0.6 is 0 Å². The Bertz CT molecular complexity index is 1450. The van der Waals surface area contributed by atoms with Crippen LogP contribution < -0.4 is 5.32 Å². The molecule has 3 aromatic rings. The molecule has 4 nitrogen and oxygen atoms in total. The van der Waals surface area contributed by atoms with Gasteiger partial charge in [-0.25, -0.2) is 4.98 Å². The maximum absolute atomic E-state index is 4.89. The molecule has 3 saturated carbocycles. The van der Waals surface area contributed by atoms with Gasteiger partial charge < -0.3 is 10.3 Å². The number of aliphatic imine (C=N–C) groups is 1. The summed E-state index contributed by atoms with van der Waals surface area (Å²) in [6, 6.07) is 15.2. The first-order valence-electron chi connectivity index (χ1n) is 14.6. The Morgan fingerprint density at radius 3 is 2.35 bits per heavy atom. The lowest BCUT2D eigenvalue weighted by Crippen LogP contribution is -2.33. The standard InChI is InChI=1S/C33H34N4/c1-2-27-25(8-9-26(28(27)3-1)24-15-30(34-16-24)31-14-22-13-29(22)36-31)18-4-6-19(7-5-18)32-17-35-33(37-32)23-11-20-10-21(20)12-23/h4-9,16-17,20-23,29,31,36H,1-3,10-15H2,(H,35,37)/t20-,21+,22-,23?,29-,31+/m1/s1. The second-order valence-corrected chi connectivity index (χ2v) is 12.7. The third kappa shape index (κ3) is 3.45. The van der Waals surface area contributed by atoms with Gasteiger partial charge >= 0.3 is 0 Å². The number of benzene rings is 2. The predicted molar refractivity (Wildman–Crippen MR) is 149 cm³/mol. The fourth-order valence-corrected chi connectivity index (χ4v) is 8.13. The number of fused-ring (bicyclic) bond motifs is 3.